The minimum absolute atomic E-state index is 0.0799. The third kappa shape index (κ3) is 4.18. The number of amides is 2. The van der Waals surface area contributed by atoms with Crippen LogP contribution in [0.4, 0.5) is 0 Å². The van der Waals surface area contributed by atoms with Gasteiger partial charge in [0.15, 0.2) is 0 Å². The highest BCUT2D eigenvalue weighted by Gasteiger charge is 2.23. The molecule has 0 aromatic carbocycles. The number of carbonyl (C=O) groups is 2. The van der Waals surface area contributed by atoms with Gasteiger partial charge in [0.05, 0.1) is 0 Å². The van der Waals surface area contributed by atoms with Crippen molar-refractivity contribution in [1.82, 2.24) is 10.6 Å². The van der Waals surface area contributed by atoms with Crippen LogP contribution in [0, 0.1) is 0 Å². The van der Waals surface area contributed by atoms with Gasteiger partial charge in [-0.1, -0.05) is 13.3 Å². The normalized spacial score (nSPS) is 22.4. The molecule has 4 N–H and O–H groups in total. The second-order valence-corrected chi connectivity index (χ2v) is 4.31. The molecule has 92 valence electrons. The number of carbonyl (C=O) groups excluding carboxylic acids is 2. The van der Waals surface area contributed by atoms with Crippen LogP contribution in [0.2, 0.25) is 0 Å². The number of nitrogens with one attached hydrogen (secondary N) is 2. The van der Waals surface area contributed by atoms with E-state index in [1.54, 1.807) is 0 Å². The van der Waals surface area contributed by atoms with Gasteiger partial charge in [-0.25, -0.2) is 0 Å². The highest BCUT2D eigenvalue weighted by molar-refractivity contribution is 5.88. The minimum atomic E-state index is -0.366. The maximum atomic E-state index is 11.6. The van der Waals surface area contributed by atoms with E-state index in [0.29, 0.717) is 13.0 Å². The molecule has 1 fully saturated rings. The Morgan fingerprint density at radius 1 is 1.69 bits per heavy atom. The highest BCUT2D eigenvalue weighted by atomic mass is 16.2. The lowest BCUT2D eigenvalue weighted by Gasteiger charge is -2.23. The van der Waals surface area contributed by atoms with Crippen molar-refractivity contribution < 1.29 is 9.59 Å². The Kier molecular flexibility index (Phi) is 5.25. The quantitative estimate of drug-likeness (QED) is 0.613. The Hall–Kier alpha value is -1.10. The summed E-state index contributed by atoms with van der Waals surface area (Å²) in [6.07, 6.45) is 3.75. The van der Waals surface area contributed by atoms with Crippen molar-refractivity contribution in [2.24, 2.45) is 5.73 Å². The monoisotopic (exact) mass is 227 g/mol. The van der Waals surface area contributed by atoms with E-state index in [4.69, 9.17) is 5.73 Å². The smallest absolute Gasteiger partial charge is 0.242 e. The molecule has 0 aliphatic carbocycles. The zero-order chi connectivity index (χ0) is 12.0. The predicted molar refractivity (Wildman–Crippen MR) is 61.7 cm³/mol. The molecular formula is C11H21N3O2. The summed E-state index contributed by atoms with van der Waals surface area (Å²) < 4.78 is 0. The number of hydrogen-bond acceptors (Lipinski definition) is 3. The number of piperidine rings is 1. The number of rotatable bonds is 5. The molecule has 0 radical (unpaired) electrons. The summed E-state index contributed by atoms with van der Waals surface area (Å²) in [5.74, 6) is -0.202. The Morgan fingerprint density at radius 2 is 2.44 bits per heavy atom. The maximum Gasteiger partial charge on any atom is 0.242 e. The first kappa shape index (κ1) is 13.0. The van der Waals surface area contributed by atoms with Crippen molar-refractivity contribution >= 4 is 11.8 Å². The first-order valence-corrected chi connectivity index (χ1v) is 5.96. The molecule has 1 aliphatic rings. The fourth-order valence-corrected chi connectivity index (χ4v) is 1.87. The zero-order valence-corrected chi connectivity index (χ0v) is 9.79. The van der Waals surface area contributed by atoms with Gasteiger partial charge in [0.2, 0.25) is 11.8 Å². The SMILES string of the molecule is CCCC(N)CC(=O)NC1CCCNC1=O. The largest absolute Gasteiger partial charge is 0.354 e. The molecule has 0 saturated carbocycles. The van der Waals surface area contributed by atoms with Gasteiger partial charge < -0.3 is 16.4 Å². The maximum absolute atomic E-state index is 11.6. The van der Waals surface area contributed by atoms with E-state index >= 15 is 0 Å². The topological polar surface area (TPSA) is 84.2 Å². The molecule has 0 spiro atoms. The molecule has 2 unspecified atom stereocenters. The zero-order valence-electron chi connectivity index (χ0n) is 9.79. The molecule has 1 saturated heterocycles. The van der Waals surface area contributed by atoms with E-state index in [1.165, 1.54) is 0 Å². The molecule has 0 aromatic rings. The van der Waals surface area contributed by atoms with Crippen molar-refractivity contribution in [3.8, 4) is 0 Å². The van der Waals surface area contributed by atoms with Crippen molar-refractivity contribution in [3.05, 3.63) is 0 Å². The predicted octanol–water partition coefficient (Wildman–Crippen LogP) is -0.101. The lowest BCUT2D eigenvalue weighted by atomic mass is 10.1. The van der Waals surface area contributed by atoms with Crippen LogP contribution in [-0.2, 0) is 9.59 Å². The molecule has 1 heterocycles. The molecular weight excluding hydrogens is 206 g/mol. The lowest BCUT2D eigenvalue weighted by Crippen LogP contribution is -2.50. The molecule has 5 heteroatoms. The van der Waals surface area contributed by atoms with Gasteiger partial charge in [-0.15, -0.1) is 0 Å². The van der Waals surface area contributed by atoms with Crippen molar-refractivity contribution in [3.63, 3.8) is 0 Å². The summed E-state index contributed by atoms with van der Waals surface area (Å²) in [4.78, 5) is 23.0. The van der Waals surface area contributed by atoms with E-state index in [0.717, 1.165) is 25.7 Å². The van der Waals surface area contributed by atoms with E-state index in [2.05, 4.69) is 10.6 Å². The lowest BCUT2D eigenvalue weighted by molar-refractivity contribution is -0.130. The van der Waals surface area contributed by atoms with Crippen LogP contribution in [0.1, 0.15) is 39.0 Å². The van der Waals surface area contributed by atoms with Gasteiger partial charge in [0.1, 0.15) is 6.04 Å². The Balaban J connectivity index is 2.30. The Morgan fingerprint density at radius 3 is 3.06 bits per heavy atom. The van der Waals surface area contributed by atoms with Crippen molar-refractivity contribution in [2.75, 3.05) is 6.54 Å². The second-order valence-electron chi connectivity index (χ2n) is 4.31. The second kappa shape index (κ2) is 6.48. The summed E-state index contributed by atoms with van der Waals surface area (Å²) >= 11 is 0. The molecule has 1 rings (SSSR count). The van der Waals surface area contributed by atoms with Gasteiger partial charge in [-0.3, -0.25) is 9.59 Å². The average molecular weight is 227 g/mol. The van der Waals surface area contributed by atoms with Crippen molar-refractivity contribution in [2.45, 2.75) is 51.1 Å². The standard InChI is InChI=1S/C11H21N3O2/c1-2-4-8(12)7-10(15)14-9-5-3-6-13-11(9)16/h8-9H,2-7,12H2,1H3,(H,13,16)(H,14,15). The van der Waals surface area contributed by atoms with Crippen LogP contribution < -0.4 is 16.4 Å². The third-order valence-electron chi connectivity index (χ3n) is 2.73. The van der Waals surface area contributed by atoms with Crippen LogP contribution in [0.15, 0.2) is 0 Å². The average Bonchev–Trinajstić information content (AvgIpc) is 2.21. The van der Waals surface area contributed by atoms with Gasteiger partial charge >= 0.3 is 0 Å². The molecule has 2 amide bonds. The minimum Gasteiger partial charge on any atom is -0.354 e. The summed E-state index contributed by atoms with van der Waals surface area (Å²) in [5, 5.41) is 5.46. The van der Waals surface area contributed by atoms with E-state index < -0.39 is 0 Å². The van der Waals surface area contributed by atoms with E-state index in [-0.39, 0.29) is 23.9 Å². The Labute approximate surface area is 96.1 Å². The third-order valence-corrected chi connectivity index (χ3v) is 2.73. The summed E-state index contributed by atoms with van der Waals surface area (Å²) in [5.41, 5.74) is 5.76. The summed E-state index contributed by atoms with van der Waals surface area (Å²) in [7, 11) is 0. The van der Waals surface area contributed by atoms with Gasteiger partial charge in [0.25, 0.3) is 0 Å². The van der Waals surface area contributed by atoms with Crippen LogP contribution >= 0.6 is 0 Å². The molecule has 0 aromatic heterocycles. The number of nitrogens with two attached hydrogens (primary N) is 1. The molecule has 2 atom stereocenters. The van der Waals surface area contributed by atoms with E-state index in [9.17, 15) is 9.59 Å². The van der Waals surface area contributed by atoms with Crippen LogP contribution in [0.25, 0.3) is 0 Å². The molecule has 5 nitrogen and oxygen atoms in total. The molecule has 1 aliphatic heterocycles. The van der Waals surface area contributed by atoms with E-state index in [1.807, 2.05) is 6.92 Å². The number of hydrogen-bond donors (Lipinski definition) is 3. The molecule has 0 bridgehead atoms. The first-order valence-electron chi connectivity index (χ1n) is 5.96. The highest BCUT2D eigenvalue weighted by Crippen LogP contribution is 2.04. The van der Waals surface area contributed by atoms with Gasteiger partial charge in [-0.05, 0) is 19.3 Å². The van der Waals surface area contributed by atoms with Crippen molar-refractivity contribution in [1.29, 1.82) is 0 Å². The van der Waals surface area contributed by atoms with Gasteiger partial charge in [0, 0.05) is 19.0 Å². The fourth-order valence-electron chi connectivity index (χ4n) is 1.87. The fraction of sp³-hybridized carbons (Fsp3) is 0.818. The van der Waals surface area contributed by atoms with Crippen LogP contribution in [0.5, 0.6) is 0 Å². The first-order chi connectivity index (χ1) is 7.63. The van der Waals surface area contributed by atoms with Gasteiger partial charge in [-0.2, -0.15) is 0 Å². The summed E-state index contributed by atoms with van der Waals surface area (Å²) in [6, 6.07) is -0.466. The Bertz CT molecular complexity index is 256. The van der Waals surface area contributed by atoms with Crippen LogP contribution in [-0.4, -0.2) is 30.4 Å². The van der Waals surface area contributed by atoms with Crippen LogP contribution in [0.3, 0.4) is 0 Å². The summed E-state index contributed by atoms with van der Waals surface area (Å²) in [6.45, 7) is 2.74. The molecule has 16 heavy (non-hydrogen) atoms.